The molecule has 1 N–H and O–H groups in total. The van der Waals surface area contributed by atoms with Crippen LogP contribution in [0.4, 0.5) is 0 Å². The molecule has 4 rings (SSSR count). The van der Waals surface area contributed by atoms with Crippen LogP contribution >= 0.6 is 11.6 Å². The lowest BCUT2D eigenvalue weighted by atomic mass is 9.82. The number of halogens is 1. The molecule has 33 heavy (non-hydrogen) atoms. The smallest absolute Gasteiger partial charge is 0.251 e. The summed E-state index contributed by atoms with van der Waals surface area (Å²) in [4.78, 5) is 39.5. The van der Waals surface area contributed by atoms with E-state index in [0.29, 0.717) is 47.8 Å². The summed E-state index contributed by atoms with van der Waals surface area (Å²) in [5, 5.41) is 3.23. The predicted molar refractivity (Wildman–Crippen MR) is 127 cm³/mol. The minimum atomic E-state index is -0.591. The van der Waals surface area contributed by atoms with Crippen LogP contribution in [0.1, 0.15) is 66.3 Å². The first-order chi connectivity index (χ1) is 15.6. The highest BCUT2D eigenvalue weighted by atomic mass is 35.5. The molecule has 2 amide bonds. The molecule has 174 valence electrons. The van der Waals surface area contributed by atoms with Crippen molar-refractivity contribution in [2.45, 2.75) is 51.0 Å². The van der Waals surface area contributed by atoms with E-state index in [4.69, 9.17) is 16.3 Å². The van der Waals surface area contributed by atoms with E-state index in [1.54, 1.807) is 35.2 Å². The number of Topliss-reactive ketones (excluding diaryl/α,β-unsaturated/α-hetero) is 1. The van der Waals surface area contributed by atoms with Gasteiger partial charge in [0.05, 0.1) is 18.5 Å². The van der Waals surface area contributed by atoms with Crippen molar-refractivity contribution in [1.29, 1.82) is 0 Å². The number of nitrogens with zero attached hydrogens (tertiary/aromatic N) is 1. The fourth-order valence-electron chi connectivity index (χ4n) is 4.40. The Kier molecular flexibility index (Phi) is 6.23. The normalized spacial score (nSPS) is 17.3. The fraction of sp³-hybridized carbons (Fsp3) is 0.423. The maximum absolute atomic E-state index is 12.7. The molecule has 2 aliphatic rings. The summed E-state index contributed by atoms with van der Waals surface area (Å²) < 4.78 is 6.22. The second-order valence-corrected chi connectivity index (χ2v) is 10.4. The summed E-state index contributed by atoms with van der Waals surface area (Å²) in [6, 6.07) is 12.5. The SMILES string of the molecule is CC(C)(C)c1ccc(C(=O)NCC(=O)N2CCC3(CC2)CC(=O)c2cc(Cl)ccc2O3)cc1. The van der Waals surface area contributed by atoms with Gasteiger partial charge in [0.25, 0.3) is 5.91 Å². The number of rotatable bonds is 3. The van der Waals surface area contributed by atoms with Gasteiger partial charge in [-0.1, -0.05) is 44.5 Å². The van der Waals surface area contributed by atoms with Gasteiger partial charge in [-0.15, -0.1) is 0 Å². The standard InChI is InChI=1S/C26H29ClN2O4/c1-25(2,3)18-6-4-17(5-7-18)24(32)28-16-23(31)29-12-10-26(11-13-29)15-21(30)20-14-19(27)8-9-22(20)33-26/h4-9,14H,10-13,15-16H2,1-3H3,(H,28,32). The van der Waals surface area contributed by atoms with Crippen molar-refractivity contribution in [3.05, 3.63) is 64.2 Å². The summed E-state index contributed by atoms with van der Waals surface area (Å²) in [6.45, 7) is 7.24. The van der Waals surface area contributed by atoms with Crippen molar-refractivity contribution in [2.75, 3.05) is 19.6 Å². The van der Waals surface area contributed by atoms with Crippen LogP contribution in [0, 0.1) is 0 Å². The average molecular weight is 469 g/mol. The van der Waals surface area contributed by atoms with Crippen molar-refractivity contribution in [2.24, 2.45) is 0 Å². The topological polar surface area (TPSA) is 75.7 Å². The summed E-state index contributed by atoms with van der Waals surface area (Å²) in [6.07, 6.45) is 1.41. The molecule has 2 aliphatic heterocycles. The molecule has 2 heterocycles. The van der Waals surface area contributed by atoms with Crippen molar-refractivity contribution in [1.82, 2.24) is 10.2 Å². The Balaban J connectivity index is 1.30. The molecule has 2 aromatic rings. The first kappa shape index (κ1) is 23.3. The average Bonchev–Trinajstić information content (AvgIpc) is 2.78. The van der Waals surface area contributed by atoms with Gasteiger partial charge in [-0.3, -0.25) is 14.4 Å². The molecule has 0 atom stereocenters. The van der Waals surface area contributed by atoms with E-state index in [1.807, 2.05) is 12.1 Å². The van der Waals surface area contributed by atoms with Crippen LogP contribution in [0.2, 0.25) is 5.02 Å². The van der Waals surface area contributed by atoms with Gasteiger partial charge in [0.15, 0.2) is 5.78 Å². The van der Waals surface area contributed by atoms with Gasteiger partial charge in [0, 0.05) is 36.5 Å². The van der Waals surface area contributed by atoms with Gasteiger partial charge < -0.3 is 15.0 Å². The summed E-state index contributed by atoms with van der Waals surface area (Å²) in [5.41, 5.74) is 1.61. The van der Waals surface area contributed by atoms with Gasteiger partial charge >= 0.3 is 0 Å². The zero-order valence-corrected chi connectivity index (χ0v) is 20.0. The highest BCUT2D eigenvalue weighted by Gasteiger charge is 2.43. The summed E-state index contributed by atoms with van der Waals surface area (Å²) in [7, 11) is 0. The highest BCUT2D eigenvalue weighted by Crippen LogP contribution is 2.40. The van der Waals surface area contributed by atoms with Crippen LogP contribution in [0.15, 0.2) is 42.5 Å². The first-order valence-electron chi connectivity index (χ1n) is 11.2. The van der Waals surface area contributed by atoms with Crippen LogP contribution in [0.3, 0.4) is 0 Å². The lowest BCUT2D eigenvalue weighted by Crippen LogP contribution is -2.53. The molecule has 0 unspecified atom stereocenters. The van der Waals surface area contributed by atoms with Crippen molar-refractivity contribution in [3.8, 4) is 5.75 Å². The number of hydrogen-bond donors (Lipinski definition) is 1. The van der Waals surface area contributed by atoms with E-state index in [9.17, 15) is 14.4 Å². The van der Waals surface area contributed by atoms with Crippen LogP contribution in [-0.4, -0.2) is 47.7 Å². The molecular weight excluding hydrogens is 440 g/mol. The number of ether oxygens (including phenoxy) is 1. The second-order valence-electron chi connectivity index (χ2n) is 9.92. The molecule has 7 heteroatoms. The van der Waals surface area contributed by atoms with E-state index in [-0.39, 0.29) is 36.0 Å². The number of hydrogen-bond acceptors (Lipinski definition) is 4. The molecular formula is C26H29ClN2O4. The lowest BCUT2D eigenvalue weighted by molar-refractivity contribution is -0.133. The molecule has 0 bridgehead atoms. The third kappa shape index (κ3) is 5.06. The van der Waals surface area contributed by atoms with Gasteiger partial charge in [0.1, 0.15) is 11.4 Å². The van der Waals surface area contributed by atoms with Gasteiger partial charge in [0.2, 0.25) is 5.91 Å². The van der Waals surface area contributed by atoms with E-state index >= 15 is 0 Å². The van der Waals surface area contributed by atoms with Gasteiger partial charge in [-0.2, -0.15) is 0 Å². The first-order valence-corrected chi connectivity index (χ1v) is 11.6. The lowest BCUT2D eigenvalue weighted by Gasteiger charge is -2.44. The van der Waals surface area contributed by atoms with Crippen molar-refractivity contribution < 1.29 is 19.1 Å². The Morgan fingerprint density at radius 2 is 1.76 bits per heavy atom. The quantitative estimate of drug-likeness (QED) is 0.724. The van der Waals surface area contributed by atoms with Crippen molar-refractivity contribution >= 4 is 29.2 Å². The molecule has 1 saturated heterocycles. The minimum Gasteiger partial charge on any atom is -0.486 e. The van der Waals surface area contributed by atoms with Crippen LogP contribution in [0.5, 0.6) is 5.75 Å². The van der Waals surface area contributed by atoms with E-state index < -0.39 is 5.60 Å². The largest absolute Gasteiger partial charge is 0.486 e. The zero-order chi connectivity index (χ0) is 23.8. The Bertz CT molecular complexity index is 1080. The monoisotopic (exact) mass is 468 g/mol. The number of piperidine rings is 1. The van der Waals surface area contributed by atoms with Crippen molar-refractivity contribution in [3.63, 3.8) is 0 Å². The number of amides is 2. The number of benzene rings is 2. The number of carbonyl (C=O) groups is 3. The number of nitrogens with one attached hydrogen (secondary N) is 1. The van der Waals surface area contributed by atoms with Gasteiger partial charge in [-0.05, 0) is 41.3 Å². The molecule has 0 radical (unpaired) electrons. The molecule has 1 fully saturated rings. The third-order valence-corrected chi connectivity index (χ3v) is 6.73. The number of ketones is 1. The van der Waals surface area contributed by atoms with E-state index in [0.717, 1.165) is 5.56 Å². The van der Waals surface area contributed by atoms with Gasteiger partial charge in [-0.25, -0.2) is 0 Å². The zero-order valence-electron chi connectivity index (χ0n) is 19.2. The minimum absolute atomic E-state index is 0.0123. The van der Waals surface area contributed by atoms with Crippen LogP contribution in [0.25, 0.3) is 0 Å². The highest BCUT2D eigenvalue weighted by molar-refractivity contribution is 6.31. The van der Waals surface area contributed by atoms with Crippen LogP contribution in [-0.2, 0) is 10.2 Å². The second kappa shape index (κ2) is 8.82. The maximum atomic E-state index is 12.7. The Morgan fingerprint density at radius 3 is 2.39 bits per heavy atom. The molecule has 0 aromatic heterocycles. The number of fused-ring (bicyclic) bond motifs is 1. The Hall–Kier alpha value is -2.86. The summed E-state index contributed by atoms with van der Waals surface area (Å²) in [5.74, 6) is 0.163. The van der Waals surface area contributed by atoms with E-state index in [1.165, 1.54) is 0 Å². The fourth-order valence-corrected chi connectivity index (χ4v) is 4.57. The predicted octanol–water partition coefficient (Wildman–Crippen LogP) is 4.39. The number of likely N-dealkylation sites (tertiary alicyclic amines) is 1. The number of carbonyl (C=O) groups excluding carboxylic acids is 3. The van der Waals surface area contributed by atoms with Crippen LogP contribution < -0.4 is 10.1 Å². The molecule has 1 spiro atoms. The maximum Gasteiger partial charge on any atom is 0.251 e. The molecule has 0 saturated carbocycles. The Labute approximate surface area is 199 Å². The third-order valence-electron chi connectivity index (χ3n) is 6.49. The molecule has 6 nitrogen and oxygen atoms in total. The molecule has 0 aliphatic carbocycles. The Morgan fingerprint density at radius 1 is 1.09 bits per heavy atom. The summed E-state index contributed by atoms with van der Waals surface area (Å²) >= 11 is 6.01. The van der Waals surface area contributed by atoms with E-state index in [2.05, 4.69) is 26.1 Å². The molecule has 2 aromatic carbocycles.